The molecule has 2 heterocycles. The molecule has 0 aliphatic carbocycles. The van der Waals surface area contributed by atoms with Gasteiger partial charge in [0, 0.05) is 18.8 Å². The van der Waals surface area contributed by atoms with Crippen LogP contribution in [0.3, 0.4) is 0 Å². The number of anilines is 1. The molecule has 32 heavy (non-hydrogen) atoms. The second kappa shape index (κ2) is 10.2. The molecule has 0 amide bonds. The highest BCUT2D eigenvalue weighted by Crippen LogP contribution is 2.28. The lowest BCUT2D eigenvalue weighted by molar-refractivity contribution is -0.280. The zero-order chi connectivity index (χ0) is 22.7. The van der Waals surface area contributed by atoms with Crippen LogP contribution in [0.5, 0.6) is 5.75 Å². The van der Waals surface area contributed by atoms with Gasteiger partial charge in [0.25, 0.3) is 0 Å². The number of para-hydroxylation sites is 1. The molecule has 0 bridgehead atoms. The van der Waals surface area contributed by atoms with Crippen LogP contribution in [-0.2, 0) is 11.2 Å². The lowest BCUT2D eigenvalue weighted by Gasteiger charge is -2.39. The van der Waals surface area contributed by atoms with Crippen molar-refractivity contribution in [1.29, 1.82) is 0 Å². The summed E-state index contributed by atoms with van der Waals surface area (Å²) in [6, 6.07) is 15.6. The largest absolute Gasteiger partial charge is 0.482 e. The summed E-state index contributed by atoms with van der Waals surface area (Å²) in [6.45, 7) is 1.15. The number of rotatable bonds is 6. The Morgan fingerprint density at radius 1 is 0.906 bits per heavy atom. The van der Waals surface area contributed by atoms with E-state index in [1.807, 2.05) is 24.3 Å². The molecular formula is C24H31NO7. The first-order valence-electron chi connectivity index (χ1n) is 11.0. The third-order valence-electron chi connectivity index (χ3n) is 6.23. The minimum Gasteiger partial charge on any atom is -0.482 e. The van der Waals surface area contributed by atoms with E-state index >= 15 is 0 Å². The van der Waals surface area contributed by atoms with Gasteiger partial charge in [0.1, 0.15) is 24.1 Å². The molecule has 2 saturated heterocycles. The summed E-state index contributed by atoms with van der Waals surface area (Å²) in [5.74, 6) is 0.424. The predicted octanol–water partition coefficient (Wildman–Crippen LogP) is 0.417. The van der Waals surface area contributed by atoms with Crippen molar-refractivity contribution >= 4 is 5.69 Å². The molecule has 0 aromatic heterocycles. The molecule has 4 rings (SSSR count). The number of aliphatic hydroxyl groups is 5. The fourth-order valence-corrected chi connectivity index (χ4v) is 4.34. The molecule has 8 nitrogen and oxygen atoms in total. The van der Waals surface area contributed by atoms with E-state index in [1.165, 1.54) is 11.3 Å². The van der Waals surface area contributed by atoms with Gasteiger partial charge < -0.3 is 39.9 Å². The van der Waals surface area contributed by atoms with Crippen LogP contribution >= 0.6 is 0 Å². The molecule has 2 fully saturated rings. The van der Waals surface area contributed by atoms with E-state index in [4.69, 9.17) is 9.47 Å². The van der Waals surface area contributed by atoms with Crippen molar-refractivity contribution in [3.8, 4) is 5.75 Å². The minimum atomic E-state index is -1.47. The van der Waals surface area contributed by atoms with Gasteiger partial charge in [0.05, 0.1) is 12.7 Å². The first-order valence-corrected chi connectivity index (χ1v) is 11.0. The second-order valence-corrected chi connectivity index (χ2v) is 8.48. The molecule has 5 atom stereocenters. The smallest absolute Gasteiger partial charge is 0.195 e. The van der Waals surface area contributed by atoms with E-state index in [0.717, 1.165) is 37.9 Å². The Bertz CT molecular complexity index is 869. The average molecular weight is 446 g/mol. The zero-order valence-corrected chi connectivity index (χ0v) is 17.8. The normalized spacial score (nSPS) is 29.2. The molecule has 0 unspecified atom stereocenters. The fourth-order valence-electron chi connectivity index (χ4n) is 4.34. The molecule has 8 heteroatoms. The lowest BCUT2D eigenvalue weighted by Crippen LogP contribution is -2.60. The zero-order valence-electron chi connectivity index (χ0n) is 17.8. The van der Waals surface area contributed by atoms with Gasteiger partial charge in [-0.25, -0.2) is 0 Å². The Labute approximate surface area is 187 Å². The predicted molar refractivity (Wildman–Crippen MR) is 118 cm³/mol. The van der Waals surface area contributed by atoms with Gasteiger partial charge in [0.15, 0.2) is 12.4 Å². The maximum atomic E-state index is 10.2. The first-order chi connectivity index (χ1) is 15.5. The van der Waals surface area contributed by atoms with Crippen molar-refractivity contribution in [3.63, 3.8) is 0 Å². The fraction of sp³-hybridized carbons (Fsp3) is 0.500. The molecule has 2 aromatic carbocycles. The van der Waals surface area contributed by atoms with Crippen LogP contribution in [0.2, 0.25) is 0 Å². The Hall–Kier alpha value is -2.20. The van der Waals surface area contributed by atoms with Crippen LogP contribution in [0.1, 0.15) is 24.0 Å². The average Bonchev–Trinajstić information content (AvgIpc) is 2.81. The van der Waals surface area contributed by atoms with Crippen LogP contribution in [0.15, 0.2) is 48.5 Å². The van der Waals surface area contributed by atoms with Gasteiger partial charge >= 0.3 is 0 Å². The Balaban J connectivity index is 1.42. The van der Waals surface area contributed by atoms with E-state index in [-0.39, 0.29) is 6.10 Å². The molecule has 174 valence electrons. The topological polar surface area (TPSA) is 123 Å². The van der Waals surface area contributed by atoms with Crippen molar-refractivity contribution in [2.45, 2.75) is 56.1 Å². The number of ether oxygens (including phenoxy) is 2. The summed E-state index contributed by atoms with van der Waals surface area (Å²) in [6.07, 6.45) is -4.41. The number of nitrogens with zero attached hydrogens (tertiary/aromatic N) is 1. The van der Waals surface area contributed by atoms with Gasteiger partial charge in [-0.1, -0.05) is 30.3 Å². The van der Waals surface area contributed by atoms with Crippen molar-refractivity contribution in [2.75, 3.05) is 24.6 Å². The molecule has 2 aromatic rings. The van der Waals surface area contributed by atoms with E-state index in [2.05, 4.69) is 17.0 Å². The SMILES string of the molecule is OC[C@H]1O[C@@H](O)[C@H](Oc2ccc(Cc3ccccc3N3CCC(O)CC3)cc2)[C@@H](O)[C@@H]1O. The summed E-state index contributed by atoms with van der Waals surface area (Å²) < 4.78 is 10.8. The van der Waals surface area contributed by atoms with Crippen molar-refractivity contribution in [1.82, 2.24) is 0 Å². The summed E-state index contributed by atoms with van der Waals surface area (Å²) in [4.78, 5) is 2.32. The highest BCUT2D eigenvalue weighted by molar-refractivity contribution is 5.55. The molecule has 2 aliphatic rings. The van der Waals surface area contributed by atoms with Crippen molar-refractivity contribution in [3.05, 3.63) is 59.7 Å². The Kier molecular flexibility index (Phi) is 7.30. The monoisotopic (exact) mass is 445 g/mol. The number of aliphatic hydroxyl groups excluding tert-OH is 5. The summed E-state index contributed by atoms with van der Waals surface area (Å²) in [5.41, 5.74) is 3.45. The number of benzene rings is 2. The molecule has 0 saturated carbocycles. The highest BCUT2D eigenvalue weighted by Gasteiger charge is 2.45. The number of hydrogen-bond donors (Lipinski definition) is 5. The lowest BCUT2D eigenvalue weighted by atomic mass is 9.99. The van der Waals surface area contributed by atoms with E-state index < -0.39 is 37.3 Å². The third kappa shape index (κ3) is 5.06. The van der Waals surface area contributed by atoms with Crippen LogP contribution in [-0.4, -0.2) is 82.0 Å². The van der Waals surface area contributed by atoms with Gasteiger partial charge in [-0.05, 0) is 48.6 Å². The molecule has 0 spiro atoms. The van der Waals surface area contributed by atoms with Crippen molar-refractivity contribution < 1.29 is 35.0 Å². The summed E-state index contributed by atoms with van der Waals surface area (Å²) in [7, 11) is 0. The standard InChI is InChI=1S/C24H31NO7/c26-14-20-21(28)22(29)23(24(30)32-20)31-18-7-5-15(6-8-18)13-16-3-1-2-4-19(16)25-11-9-17(27)10-12-25/h1-8,17,20-24,26-30H,9-14H2/t20-,21-,22+,23-,24-/m1/s1. The Morgan fingerprint density at radius 2 is 1.59 bits per heavy atom. The van der Waals surface area contributed by atoms with Crippen LogP contribution in [0, 0.1) is 0 Å². The van der Waals surface area contributed by atoms with Crippen LogP contribution in [0.4, 0.5) is 5.69 Å². The first kappa shape index (κ1) is 23.0. The van der Waals surface area contributed by atoms with Gasteiger partial charge in [0.2, 0.25) is 0 Å². The van der Waals surface area contributed by atoms with Gasteiger partial charge in [-0.15, -0.1) is 0 Å². The highest BCUT2D eigenvalue weighted by atomic mass is 16.7. The molecular weight excluding hydrogens is 414 g/mol. The number of hydrogen-bond acceptors (Lipinski definition) is 8. The van der Waals surface area contributed by atoms with Gasteiger partial charge in [-0.2, -0.15) is 0 Å². The molecule has 0 radical (unpaired) electrons. The Morgan fingerprint density at radius 3 is 2.28 bits per heavy atom. The van der Waals surface area contributed by atoms with Crippen molar-refractivity contribution in [2.24, 2.45) is 0 Å². The maximum absolute atomic E-state index is 10.2. The van der Waals surface area contributed by atoms with E-state index in [0.29, 0.717) is 5.75 Å². The van der Waals surface area contributed by atoms with Crippen LogP contribution in [0.25, 0.3) is 0 Å². The third-order valence-corrected chi connectivity index (χ3v) is 6.23. The maximum Gasteiger partial charge on any atom is 0.195 e. The summed E-state index contributed by atoms with van der Waals surface area (Å²) in [5, 5.41) is 49.3. The summed E-state index contributed by atoms with van der Waals surface area (Å²) >= 11 is 0. The molecule has 5 N–H and O–H groups in total. The van der Waals surface area contributed by atoms with E-state index in [9.17, 15) is 25.5 Å². The molecule has 2 aliphatic heterocycles. The van der Waals surface area contributed by atoms with Crippen LogP contribution < -0.4 is 9.64 Å². The quantitative estimate of drug-likeness (QED) is 0.434. The second-order valence-electron chi connectivity index (χ2n) is 8.48. The minimum absolute atomic E-state index is 0.215. The van der Waals surface area contributed by atoms with Gasteiger partial charge in [-0.3, -0.25) is 0 Å². The number of piperidine rings is 1. The van der Waals surface area contributed by atoms with E-state index in [1.54, 1.807) is 12.1 Å².